The maximum absolute atomic E-state index is 10.6. The van der Waals surface area contributed by atoms with E-state index >= 15 is 0 Å². The normalized spacial score (nSPS) is 23.0. The van der Waals surface area contributed by atoms with Crippen LogP contribution in [0.3, 0.4) is 0 Å². The molecule has 0 aliphatic heterocycles. The Bertz CT molecular complexity index is 620. The molecular weight excluding hydrogens is 284 g/mol. The van der Waals surface area contributed by atoms with E-state index in [9.17, 15) is 5.11 Å². The molecule has 0 spiro atoms. The van der Waals surface area contributed by atoms with Gasteiger partial charge in [-0.25, -0.2) is 0 Å². The number of halogens is 1. The van der Waals surface area contributed by atoms with Gasteiger partial charge in [-0.05, 0) is 49.1 Å². The van der Waals surface area contributed by atoms with Crippen LogP contribution in [0.1, 0.15) is 37.9 Å². The average Bonchev–Trinajstić information content (AvgIpc) is 2.45. The van der Waals surface area contributed by atoms with Crippen LogP contribution in [0.2, 0.25) is 5.02 Å². The lowest BCUT2D eigenvalue weighted by molar-refractivity contribution is -0.0378. The van der Waals surface area contributed by atoms with E-state index < -0.39 is 6.10 Å². The number of fused-ring (bicyclic) bond motifs is 1. The van der Waals surface area contributed by atoms with Gasteiger partial charge in [0.15, 0.2) is 0 Å². The first kappa shape index (κ1) is 14.8. The summed E-state index contributed by atoms with van der Waals surface area (Å²) in [5, 5.41) is 13.4. The van der Waals surface area contributed by atoms with E-state index in [4.69, 9.17) is 16.3 Å². The molecule has 1 aliphatic rings. The molecular formula is C18H21ClO2. The summed E-state index contributed by atoms with van der Waals surface area (Å²) < 4.78 is 5.58. The van der Waals surface area contributed by atoms with E-state index in [2.05, 4.69) is 0 Å². The third-order valence-corrected chi connectivity index (χ3v) is 4.74. The van der Waals surface area contributed by atoms with Crippen LogP contribution in [-0.2, 0) is 4.74 Å². The lowest BCUT2D eigenvalue weighted by atomic mass is 9.77. The van der Waals surface area contributed by atoms with E-state index in [0.29, 0.717) is 12.0 Å². The van der Waals surface area contributed by atoms with Gasteiger partial charge in [-0.2, -0.15) is 0 Å². The van der Waals surface area contributed by atoms with Gasteiger partial charge in [-0.3, -0.25) is 0 Å². The molecule has 1 aliphatic carbocycles. The number of aliphatic hydroxyl groups is 1. The Morgan fingerprint density at radius 3 is 2.62 bits per heavy atom. The topological polar surface area (TPSA) is 29.5 Å². The fourth-order valence-electron chi connectivity index (χ4n) is 3.26. The van der Waals surface area contributed by atoms with Crippen LogP contribution in [0.15, 0.2) is 36.4 Å². The largest absolute Gasteiger partial charge is 0.388 e. The summed E-state index contributed by atoms with van der Waals surface area (Å²) in [5.41, 5.74) is 0.981. The van der Waals surface area contributed by atoms with Crippen molar-refractivity contribution in [2.24, 2.45) is 5.92 Å². The van der Waals surface area contributed by atoms with Crippen molar-refractivity contribution in [1.82, 2.24) is 0 Å². The first-order valence-corrected chi connectivity index (χ1v) is 8.03. The third kappa shape index (κ3) is 3.08. The average molecular weight is 305 g/mol. The summed E-state index contributed by atoms with van der Waals surface area (Å²) in [6.45, 7) is 2.81. The van der Waals surface area contributed by atoms with Crippen molar-refractivity contribution in [1.29, 1.82) is 0 Å². The molecule has 0 bridgehead atoms. The van der Waals surface area contributed by atoms with E-state index in [1.165, 1.54) is 0 Å². The predicted octanol–water partition coefficient (Wildman–Crippen LogP) is 4.73. The summed E-state index contributed by atoms with van der Waals surface area (Å²) in [6, 6.07) is 11.8. The maximum atomic E-state index is 10.6. The molecule has 1 N–H and O–H groups in total. The zero-order valence-electron chi connectivity index (χ0n) is 12.3. The maximum Gasteiger partial charge on any atom is 0.0798 e. The van der Waals surface area contributed by atoms with Crippen molar-refractivity contribution in [3.8, 4) is 0 Å². The minimum absolute atomic E-state index is 0.397. The zero-order chi connectivity index (χ0) is 14.8. The van der Waals surface area contributed by atoms with Crippen LogP contribution in [0.25, 0.3) is 10.8 Å². The number of hydrogen-bond acceptors (Lipinski definition) is 2. The van der Waals surface area contributed by atoms with Gasteiger partial charge < -0.3 is 9.84 Å². The van der Waals surface area contributed by atoms with Gasteiger partial charge in [-0.1, -0.05) is 41.9 Å². The van der Waals surface area contributed by atoms with Crippen molar-refractivity contribution < 1.29 is 9.84 Å². The highest BCUT2D eigenvalue weighted by Crippen LogP contribution is 2.39. The molecule has 1 saturated carbocycles. The lowest BCUT2D eigenvalue weighted by Gasteiger charge is -2.36. The van der Waals surface area contributed by atoms with Crippen LogP contribution >= 0.6 is 11.6 Å². The summed E-state index contributed by atoms with van der Waals surface area (Å²) in [6.07, 6.45) is 2.90. The quantitative estimate of drug-likeness (QED) is 0.865. The Balaban J connectivity index is 1.74. The fraction of sp³-hybridized carbons (Fsp3) is 0.444. The first-order chi connectivity index (χ1) is 10.2. The number of hydrogen-bond donors (Lipinski definition) is 1. The predicted molar refractivity (Wildman–Crippen MR) is 86.7 cm³/mol. The standard InChI is InChI=1S/C18H21ClO2/c1-2-21-13-9-12(10-13)11-18(20)16-7-8-17(19)15-6-4-3-5-14(15)16/h3-8,12-13,18,20H,2,9-11H2,1H3. The molecule has 1 unspecified atom stereocenters. The minimum atomic E-state index is -0.431. The molecule has 3 rings (SSSR count). The Morgan fingerprint density at radius 2 is 1.90 bits per heavy atom. The van der Waals surface area contributed by atoms with Crippen LogP contribution in [0, 0.1) is 5.92 Å². The van der Waals surface area contributed by atoms with Crippen LogP contribution in [0.5, 0.6) is 0 Å². The second-order valence-corrected chi connectivity index (χ2v) is 6.26. The molecule has 1 atom stereocenters. The second-order valence-electron chi connectivity index (χ2n) is 5.85. The molecule has 2 nitrogen and oxygen atoms in total. The minimum Gasteiger partial charge on any atom is -0.388 e. The smallest absolute Gasteiger partial charge is 0.0798 e. The van der Waals surface area contributed by atoms with Gasteiger partial charge in [-0.15, -0.1) is 0 Å². The van der Waals surface area contributed by atoms with Gasteiger partial charge >= 0.3 is 0 Å². The number of aliphatic hydroxyl groups excluding tert-OH is 1. The zero-order valence-corrected chi connectivity index (χ0v) is 13.0. The summed E-state index contributed by atoms with van der Waals surface area (Å²) in [7, 11) is 0. The van der Waals surface area contributed by atoms with Gasteiger partial charge in [0, 0.05) is 17.0 Å². The second kappa shape index (κ2) is 6.35. The van der Waals surface area contributed by atoms with Crippen molar-refractivity contribution in [2.75, 3.05) is 6.61 Å². The molecule has 0 heterocycles. The van der Waals surface area contributed by atoms with Crippen molar-refractivity contribution in [2.45, 2.75) is 38.4 Å². The summed E-state index contributed by atoms with van der Waals surface area (Å²) >= 11 is 6.23. The Hall–Kier alpha value is -1.09. The number of rotatable bonds is 5. The summed E-state index contributed by atoms with van der Waals surface area (Å²) in [5.74, 6) is 0.561. The van der Waals surface area contributed by atoms with Crippen molar-refractivity contribution in [3.05, 3.63) is 47.0 Å². The molecule has 2 aromatic rings. The monoisotopic (exact) mass is 304 g/mol. The Labute approximate surface area is 130 Å². The molecule has 1 fully saturated rings. The van der Waals surface area contributed by atoms with Crippen LogP contribution in [0.4, 0.5) is 0 Å². The Kier molecular flexibility index (Phi) is 4.48. The van der Waals surface area contributed by atoms with E-state index in [1.54, 1.807) is 0 Å². The number of ether oxygens (including phenoxy) is 1. The molecule has 0 saturated heterocycles. The van der Waals surface area contributed by atoms with Crippen molar-refractivity contribution in [3.63, 3.8) is 0 Å². The van der Waals surface area contributed by atoms with Crippen LogP contribution in [-0.4, -0.2) is 17.8 Å². The lowest BCUT2D eigenvalue weighted by Crippen LogP contribution is -2.32. The highest BCUT2D eigenvalue weighted by Gasteiger charge is 2.31. The van der Waals surface area contributed by atoms with E-state index in [0.717, 1.165) is 47.2 Å². The third-order valence-electron chi connectivity index (χ3n) is 4.42. The highest BCUT2D eigenvalue weighted by molar-refractivity contribution is 6.35. The molecule has 0 aromatic heterocycles. The van der Waals surface area contributed by atoms with Gasteiger partial charge in [0.2, 0.25) is 0 Å². The summed E-state index contributed by atoms with van der Waals surface area (Å²) in [4.78, 5) is 0. The molecule has 21 heavy (non-hydrogen) atoms. The van der Waals surface area contributed by atoms with E-state index in [-0.39, 0.29) is 0 Å². The Morgan fingerprint density at radius 1 is 1.19 bits per heavy atom. The molecule has 112 valence electrons. The van der Waals surface area contributed by atoms with Crippen LogP contribution < -0.4 is 0 Å². The van der Waals surface area contributed by atoms with Gasteiger partial charge in [0.05, 0.1) is 12.2 Å². The highest BCUT2D eigenvalue weighted by atomic mass is 35.5. The van der Waals surface area contributed by atoms with Crippen molar-refractivity contribution >= 4 is 22.4 Å². The SMILES string of the molecule is CCOC1CC(CC(O)c2ccc(Cl)c3ccccc23)C1. The van der Waals surface area contributed by atoms with E-state index in [1.807, 2.05) is 43.3 Å². The molecule has 0 radical (unpaired) electrons. The number of benzene rings is 2. The molecule has 2 aromatic carbocycles. The first-order valence-electron chi connectivity index (χ1n) is 7.65. The molecule has 0 amide bonds. The fourth-order valence-corrected chi connectivity index (χ4v) is 3.49. The molecule has 3 heteroatoms. The van der Waals surface area contributed by atoms with Gasteiger partial charge in [0.1, 0.15) is 0 Å². The van der Waals surface area contributed by atoms with Gasteiger partial charge in [0.25, 0.3) is 0 Å².